The van der Waals surface area contributed by atoms with Crippen molar-refractivity contribution in [3.05, 3.63) is 52.4 Å². The monoisotopic (exact) mass is 338 g/mol. The van der Waals surface area contributed by atoms with Crippen molar-refractivity contribution in [1.82, 2.24) is 20.1 Å². The van der Waals surface area contributed by atoms with E-state index in [-0.39, 0.29) is 11.4 Å². The average Bonchev–Trinajstić information content (AvgIpc) is 2.97. The van der Waals surface area contributed by atoms with Gasteiger partial charge in [0.25, 0.3) is 5.56 Å². The van der Waals surface area contributed by atoms with E-state index in [0.717, 1.165) is 12.6 Å². The molecular formula is C17H18N6O2. The number of amides is 2. The fourth-order valence-electron chi connectivity index (χ4n) is 2.48. The van der Waals surface area contributed by atoms with E-state index in [1.54, 1.807) is 12.1 Å². The number of nitrogens with one attached hydrogen (secondary N) is 4. The van der Waals surface area contributed by atoms with Gasteiger partial charge in [-0.15, -0.1) is 0 Å². The van der Waals surface area contributed by atoms with Crippen LogP contribution in [0.5, 0.6) is 0 Å². The number of hydrogen-bond acceptors (Lipinski definition) is 4. The topological polar surface area (TPSA) is 116 Å². The predicted molar refractivity (Wildman–Crippen MR) is 96.9 cm³/mol. The molecule has 0 unspecified atom stereocenters. The second-order valence-electron chi connectivity index (χ2n) is 5.42. The summed E-state index contributed by atoms with van der Waals surface area (Å²) < 4.78 is 1.39. The molecule has 2 heterocycles. The summed E-state index contributed by atoms with van der Waals surface area (Å²) in [7, 11) is 0. The van der Waals surface area contributed by atoms with Crippen LogP contribution in [0.3, 0.4) is 0 Å². The Hall–Kier alpha value is -3.42. The SMILES string of the molecule is CCCNC(=O)Nc1ncc2c(=O)n(-c3ccccc3)[nH]c2c1C=N. The van der Waals surface area contributed by atoms with Gasteiger partial charge in [0, 0.05) is 19.0 Å². The molecule has 0 saturated carbocycles. The second-order valence-corrected chi connectivity index (χ2v) is 5.42. The highest BCUT2D eigenvalue weighted by Crippen LogP contribution is 2.20. The molecule has 2 amide bonds. The van der Waals surface area contributed by atoms with Gasteiger partial charge in [0.15, 0.2) is 0 Å². The highest BCUT2D eigenvalue weighted by Gasteiger charge is 2.16. The minimum atomic E-state index is -0.401. The number of carbonyl (C=O) groups is 1. The van der Waals surface area contributed by atoms with Crippen molar-refractivity contribution in [2.24, 2.45) is 0 Å². The van der Waals surface area contributed by atoms with Crippen molar-refractivity contribution in [3.8, 4) is 5.69 Å². The molecule has 0 aliphatic carbocycles. The van der Waals surface area contributed by atoms with Crippen molar-refractivity contribution in [2.45, 2.75) is 13.3 Å². The zero-order valence-electron chi connectivity index (χ0n) is 13.7. The molecule has 8 heteroatoms. The van der Waals surface area contributed by atoms with Crippen LogP contribution in [-0.4, -0.2) is 33.6 Å². The van der Waals surface area contributed by atoms with Crippen LogP contribution in [0.15, 0.2) is 41.3 Å². The first-order valence-corrected chi connectivity index (χ1v) is 7.90. The summed E-state index contributed by atoms with van der Waals surface area (Å²) in [6.45, 7) is 2.49. The van der Waals surface area contributed by atoms with Gasteiger partial charge in [0.05, 0.1) is 22.2 Å². The molecule has 0 aliphatic heterocycles. The molecule has 0 spiro atoms. The number of benzene rings is 1. The van der Waals surface area contributed by atoms with E-state index < -0.39 is 6.03 Å². The maximum absolute atomic E-state index is 12.6. The number of urea groups is 1. The maximum atomic E-state index is 12.6. The molecule has 1 aromatic carbocycles. The highest BCUT2D eigenvalue weighted by atomic mass is 16.2. The van der Waals surface area contributed by atoms with Crippen LogP contribution < -0.4 is 16.2 Å². The summed E-state index contributed by atoms with van der Waals surface area (Å²) in [5.74, 6) is 0.220. The molecule has 2 aromatic heterocycles. The smallest absolute Gasteiger partial charge is 0.320 e. The lowest BCUT2D eigenvalue weighted by molar-refractivity contribution is 0.252. The Morgan fingerprint density at radius 3 is 2.80 bits per heavy atom. The summed E-state index contributed by atoms with van der Waals surface area (Å²) in [5, 5.41) is 16.3. The zero-order chi connectivity index (χ0) is 17.8. The lowest BCUT2D eigenvalue weighted by atomic mass is 10.2. The van der Waals surface area contributed by atoms with E-state index >= 15 is 0 Å². The lowest BCUT2D eigenvalue weighted by Gasteiger charge is -2.08. The van der Waals surface area contributed by atoms with Crippen LogP contribution in [0.4, 0.5) is 10.6 Å². The average molecular weight is 338 g/mol. The third kappa shape index (κ3) is 3.14. The lowest BCUT2D eigenvalue weighted by Crippen LogP contribution is -2.30. The molecule has 0 bridgehead atoms. The van der Waals surface area contributed by atoms with E-state index in [0.29, 0.717) is 28.7 Å². The van der Waals surface area contributed by atoms with E-state index in [1.807, 2.05) is 25.1 Å². The zero-order valence-corrected chi connectivity index (χ0v) is 13.7. The Balaban J connectivity index is 2.07. The quantitative estimate of drug-likeness (QED) is 0.535. The van der Waals surface area contributed by atoms with Crippen molar-refractivity contribution >= 4 is 29.0 Å². The first-order valence-electron chi connectivity index (χ1n) is 7.90. The number of rotatable bonds is 5. The fraction of sp³-hybridized carbons (Fsp3) is 0.176. The molecule has 0 fully saturated rings. The molecule has 25 heavy (non-hydrogen) atoms. The Kier molecular flexibility index (Phi) is 4.60. The molecule has 0 radical (unpaired) electrons. The Labute approximate surface area is 143 Å². The first-order chi connectivity index (χ1) is 12.2. The molecule has 0 aliphatic rings. The minimum absolute atomic E-state index is 0.220. The Morgan fingerprint density at radius 2 is 2.12 bits per heavy atom. The van der Waals surface area contributed by atoms with Gasteiger partial charge in [-0.25, -0.2) is 14.5 Å². The van der Waals surface area contributed by atoms with Gasteiger partial charge < -0.3 is 10.7 Å². The molecule has 128 valence electrons. The molecule has 4 N–H and O–H groups in total. The van der Waals surface area contributed by atoms with E-state index in [9.17, 15) is 9.59 Å². The largest absolute Gasteiger partial charge is 0.338 e. The Bertz CT molecular complexity index is 974. The number of fused-ring (bicyclic) bond motifs is 1. The number of carbonyl (C=O) groups excluding carboxylic acids is 1. The van der Waals surface area contributed by atoms with Crippen LogP contribution in [0.25, 0.3) is 16.6 Å². The fourth-order valence-corrected chi connectivity index (χ4v) is 2.48. The highest BCUT2D eigenvalue weighted by molar-refractivity contribution is 6.04. The normalized spacial score (nSPS) is 10.6. The third-order valence-electron chi connectivity index (χ3n) is 3.70. The number of anilines is 1. The van der Waals surface area contributed by atoms with Gasteiger partial charge in [-0.3, -0.25) is 15.2 Å². The van der Waals surface area contributed by atoms with Crippen molar-refractivity contribution in [2.75, 3.05) is 11.9 Å². The molecule has 8 nitrogen and oxygen atoms in total. The van der Waals surface area contributed by atoms with Crippen LogP contribution >= 0.6 is 0 Å². The minimum Gasteiger partial charge on any atom is -0.338 e. The van der Waals surface area contributed by atoms with Crippen LogP contribution in [0, 0.1) is 5.41 Å². The van der Waals surface area contributed by atoms with Crippen LogP contribution in [0.2, 0.25) is 0 Å². The van der Waals surface area contributed by atoms with E-state index in [1.165, 1.54) is 10.9 Å². The van der Waals surface area contributed by atoms with Gasteiger partial charge in [-0.1, -0.05) is 25.1 Å². The molecular weight excluding hydrogens is 320 g/mol. The van der Waals surface area contributed by atoms with Crippen molar-refractivity contribution in [3.63, 3.8) is 0 Å². The maximum Gasteiger partial charge on any atom is 0.320 e. The van der Waals surface area contributed by atoms with E-state index in [4.69, 9.17) is 5.41 Å². The number of nitrogens with zero attached hydrogens (tertiary/aromatic N) is 2. The summed E-state index contributed by atoms with van der Waals surface area (Å²) >= 11 is 0. The van der Waals surface area contributed by atoms with Crippen molar-refractivity contribution in [1.29, 1.82) is 5.41 Å². The van der Waals surface area contributed by atoms with Gasteiger partial charge in [-0.05, 0) is 18.6 Å². The molecule has 0 saturated heterocycles. The standard InChI is InChI=1S/C17H18N6O2/c1-2-8-19-17(25)21-15-12(9-18)14-13(10-20-15)16(24)23(22-14)11-6-4-3-5-7-11/h3-7,9-10,18,22H,2,8H2,1H3,(H2,19,20,21,25). The summed E-state index contributed by atoms with van der Waals surface area (Å²) in [6, 6.07) is 8.71. The molecule has 3 aromatic rings. The Morgan fingerprint density at radius 1 is 1.36 bits per heavy atom. The van der Waals surface area contributed by atoms with Crippen molar-refractivity contribution < 1.29 is 4.79 Å². The molecule has 0 atom stereocenters. The molecule has 3 rings (SSSR count). The van der Waals surface area contributed by atoms with Gasteiger partial charge >= 0.3 is 6.03 Å². The van der Waals surface area contributed by atoms with Crippen LogP contribution in [-0.2, 0) is 0 Å². The van der Waals surface area contributed by atoms with E-state index in [2.05, 4.69) is 20.7 Å². The number of hydrogen-bond donors (Lipinski definition) is 4. The third-order valence-corrected chi connectivity index (χ3v) is 3.70. The summed E-state index contributed by atoms with van der Waals surface area (Å²) in [6.07, 6.45) is 3.27. The summed E-state index contributed by atoms with van der Waals surface area (Å²) in [4.78, 5) is 28.6. The van der Waals surface area contributed by atoms with Crippen LogP contribution in [0.1, 0.15) is 18.9 Å². The van der Waals surface area contributed by atoms with Gasteiger partial charge in [0.1, 0.15) is 5.82 Å². The van der Waals surface area contributed by atoms with Gasteiger partial charge in [-0.2, -0.15) is 0 Å². The predicted octanol–water partition coefficient (Wildman–Crippen LogP) is 2.24. The number of aromatic nitrogens is 3. The second kappa shape index (κ2) is 7.00. The number of pyridine rings is 1. The van der Waals surface area contributed by atoms with Gasteiger partial charge in [0.2, 0.25) is 0 Å². The number of H-pyrrole nitrogens is 1. The summed E-state index contributed by atoms with van der Waals surface area (Å²) in [5.41, 5.74) is 1.20. The number of aromatic amines is 1. The number of para-hydroxylation sites is 1. The first kappa shape index (κ1) is 16.4.